The third kappa shape index (κ3) is 4.85. The summed E-state index contributed by atoms with van der Waals surface area (Å²) in [6.45, 7) is 3.88. The Morgan fingerprint density at radius 2 is 1.96 bits per heavy atom. The van der Waals surface area contributed by atoms with Crippen LogP contribution < -0.4 is 0 Å². The van der Waals surface area contributed by atoms with E-state index in [1.165, 1.54) is 12.8 Å². The second-order valence-corrected chi connectivity index (χ2v) is 8.08. The Bertz CT molecular complexity index is 613. The Morgan fingerprint density at radius 3 is 2.62 bits per heavy atom. The number of carbonyl (C=O) groups excluding carboxylic acids is 1. The minimum Gasteiger partial charge on any atom is -0.449 e. The van der Waals surface area contributed by atoms with Gasteiger partial charge in [-0.3, -0.25) is 0 Å². The summed E-state index contributed by atoms with van der Waals surface area (Å²) in [4.78, 5) is 13.8. The number of rotatable bonds is 7. The molecule has 0 spiro atoms. The summed E-state index contributed by atoms with van der Waals surface area (Å²) in [5.41, 5.74) is 1.04. The fourth-order valence-corrected chi connectivity index (χ4v) is 3.94. The predicted molar refractivity (Wildman–Crippen MR) is 104 cm³/mol. The molecule has 0 aromatic heterocycles. The van der Waals surface area contributed by atoms with Crippen LogP contribution in [0.4, 0.5) is 4.79 Å². The Kier molecular flexibility index (Phi) is 7.07. The molecule has 1 aromatic rings. The lowest BCUT2D eigenvalue weighted by Crippen LogP contribution is -2.53. The van der Waals surface area contributed by atoms with Crippen LogP contribution in [-0.4, -0.2) is 36.8 Å². The van der Waals surface area contributed by atoms with E-state index in [1.807, 2.05) is 18.2 Å². The van der Waals surface area contributed by atoms with Crippen molar-refractivity contribution in [2.75, 3.05) is 19.7 Å². The van der Waals surface area contributed by atoms with Gasteiger partial charge in [-0.25, -0.2) is 4.79 Å². The molecule has 144 valence electrons. The van der Waals surface area contributed by atoms with Crippen molar-refractivity contribution in [3.63, 3.8) is 0 Å². The Morgan fingerprint density at radius 1 is 1.23 bits per heavy atom. The van der Waals surface area contributed by atoms with Gasteiger partial charge in [0.2, 0.25) is 0 Å². The minimum absolute atomic E-state index is 0.0624. The topological polar surface area (TPSA) is 38.8 Å². The number of carbonyl (C=O) groups is 1. The van der Waals surface area contributed by atoms with E-state index in [1.54, 1.807) is 4.90 Å². The van der Waals surface area contributed by atoms with Crippen molar-refractivity contribution < 1.29 is 14.3 Å². The summed E-state index contributed by atoms with van der Waals surface area (Å²) in [6, 6.07) is 5.70. The lowest BCUT2D eigenvalue weighted by molar-refractivity contribution is -0.0811. The number of halogens is 2. The van der Waals surface area contributed by atoms with Gasteiger partial charge in [-0.15, -0.1) is 0 Å². The highest BCUT2D eigenvalue weighted by Gasteiger charge is 2.39. The van der Waals surface area contributed by atoms with E-state index in [9.17, 15) is 4.79 Å². The molecule has 6 heteroatoms. The van der Waals surface area contributed by atoms with Gasteiger partial charge in [0.1, 0.15) is 0 Å². The summed E-state index contributed by atoms with van der Waals surface area (Å²) >= 11 is 12.3. The first kappa shape index (κ1) is 19.8. The van der Waals surface area contributed by atoms with E-state index in [-0.39, 0.29) is 18.1 Å². The zero-order valence-electron chi connectivity index (χ0n) is 15.3. The highest BCUT2D eigenvalue weighted by atomic mass is 35.5. The van der Waals surface area contributed by atoms with Crippen molar-refractivity contribution in [1.29, 1.82) is 0 Å². The van der Waals surface area contributed by atoms with Crippen molar-refractivity contribution in [3.05, 3.63) is 33.8 Å². The van der Waals surface area contributed by atoms with Gasteiger partial charge >= 0.3 is 6.09 Å². The summed E-state index contributed by atoms with van der Waals surface area (Å²) in [7, 11) is 0. The first-order chi connectivity index (χ1) is 12.6. The largest absolute Gasteiger partial charge is 0.449 e. The van der Waals surface area contributed by atoms with Crippen LogP contribution >= 0.6 is 23.2 Å². The van der Waals surface area contributed by atoms with Gasteiger partial charge < -0.3 is 14.4 Å². The van der Waals surface area contributed by atoms with E-state index in [2.05, 4.69) is 6.92 Å². The molecule has 1 aliphatic heterocycles. The summed E-state index contributed by atoms with van der Waals surface area (Å²) < 4.78 is 11.7. The molecule has 0 radical (unpaired) electrons. The summed E-state index contributed by atoms with van der Waals surface area (Å²) in [6.07, 6.45) is 6.58. The molecule has 4 nitrogen and oxygen atoms in total. The maximum Gasteiger partial charge on any atom is 0.409 e. The molecule has 0 bridgehead atoms. The van der Waals surface area contributed by atoms with Gasteiger partial charge in [-0.1, -0.05) is 55.5 Å². The van der Waals surface area contributed by atoms with Gasteiger partial charge in [-0.2, -0.15) is 0 Å². The highest BCUT2D eigenvalue weighted by molar-refractivity contribution is 6.42. The Labute approximate surface area is 165 Å². The molecule has 1 saturated heterocycles. The Balaban J connectivity index is 1.63. The van der Waals surface area contributed by atoms with Crippen LogP contribution in [0.25, 0.3) is 0 Å². The molecule has 0 N–H and O–H groups in total. The van der Waals surface area contributed by atoms with Crippen molar-refractivity contribution in [1.82, 2.24) is 4.90 Å². The van der Waals surface area contributed by atoms with Gasteiger partial charge in [0.25, 0.3) is 0 Å². The van der Waals surface area contributed by atoms with Crippen LogP contribution in [0, 0.1) is 5.92 Å². The number of likely N-dealkylation sites (tertiary alicyclic amines) is 1. The molecule has 1 heterocycles. The molecule has 1 aromatic carbocycles. The third-order valence-electron chi connectivity index (χ3n) is 5.23. The van der Waals surface area contributed by atoms with Crippen molar-refractivity contribution in [3.8, 4) is 0 Å². The SMILES string of the molecule is CCCCOC(=O)N1CC(C(OC2CCCC2)c2ccc(Cl)c(Cl)c2)C1. The fourth-order valence-electron chi connectivity index (χ4n) is 3.63. The average Bonchev–Trinajstić information content (AvgIpc) is 3.08. The van der Waals surface area contributed by atoms with E-state index in [4.69, 9.17) is 32.7 Å². The van der Waals surface area contributed by atoms with Crippen molar-refractivity contribution >= 4 is 29.3 Å². The summed E-state index contributed by atoms with van der Waals surface area (Å²) in [5, 5.41) is 1.09. The lowest BCUT2D eigenvalue weighted by Gasteiger charge is -2.43. The molecule has 1 unspecified atom stereocenters. The van der Waals surface area contributed by atoms with Crippen LogP contribution in [0.15, 0.2) is 18.2 Å². The zero-order chi connectivity index (χ0) is 18.5. The standard InChI is InChI=1S/C20H27Cl2NO3/c1-2-3-10-25-20(24)23-12-15(13-23)19(26-16-6-4-5-7-16)14-8-9-17(21)18(22)11-14/h8-9,11,15-16,19H,2-7,10,12-13H2,1H3. The van der Waals surface area contributed by atoms with Crippen LogP contribution in [-0.2, 0) is 9.47 Å². The highest BCUT2D eigenvalue weighted by Crippen LogP contribution is 2.38. The van der Waals surface area contributed by atoms with Gasteiger partial charge in [-0.05, 0) is 37.0 Å². The second-order valence-electron chi connectivity index (χ2n) is 7.27. The molecule has 3 rings (SSSR count). The number of benzene rings is 1. The third-order valence-corrected chi connectivity index (χ3v) is 5.97. The van der Waals surface area contributed by atoms with E-state index in [0.29, 0.717) is 35.8 Å². The number of nitrogens with zero attached hydrogens (tertiary/aromatic N) is 1. The number of amides is 1. The van der Waals surface area contributed by atoms with Crippen LogP contribution in [0.2, 0.25) is 10.0 Å². The lowest BCUT2D eigenvalue weighted by atomic mass is 9.89. The number of hydrogen-bond acceptors (Lipinski definition) is 3. The maximum atomic E-state index is 12.1. The molecule has 2 aliphatic rings. The molecular formula is C20H27Cl2NO3. The first-order valence-corrected chi connectivity index (χ1v) is 10.4. The van der Waals surface area contributed by atoms with E-state index >= 15 is 0 Å². The maximum absolute atomic E-state index is 12.1. The predicted octanol–water partition coefficient (Wildman–Crippen LogP) is 5.86. The molecule has 1 atom stereocenters. The number of ether oxygens (including phenoxy) is 2. The molecule has 26 heavy (non-hydrogen) atoms. The zero-order valence-corrected chi connectivity index (χ0v) is 16.8. The van der Waals surface area contributed by atoms with Gasteiger partial charge in [0.05, 0.1) is 28.9 Å². The van der Waals surface area contributed by atoms with Crippen LogP contribution in [0.3, 0.4) is 0 Å². The molecule has 2 fully saturated rings. The Hall–Kier alpha value is -0.970. The molecular weight excluding hydrogens is 373 g/mol. The number of unbranched alkanes of at least 4 members (excludes halogenated alkanes) is 1. The van der Waals surface area contributed by atoms with Crippen molar-refractivity contribution in [2.24, 2.45) is 5.92 Å². The molecule has 1 amide bonds. The fraction of sp³-hybridized carbons (Fsp3) is 0.650. The monoisotopic (exact) mass is 399 g/mol. The number of hydrogen-bond donors (Lipinski definition) is 0. The van der Waals surface area contributed by atoms with Gasteiger partial charge in [0, 0.05) is 19.0 Å². The molecule has 1 aliphatic carbocycles. The van der Waals surface area contributed by atoms with Gasteiger partial charge in [0.15, 0.2) is 0 Å². The first-order valence-electron chi connectivity index (χ1n) is 9.60. The quantitative estimate of drug-likeness (QED) is 0.538. The van der Waals surface area contributed by atoms with Crippen LogP contribution in [0.5, 0.6) is 0 Å². The summed E-state index contributed by atoms with van der Waals surface area (Å²) in [5.74, 6) is 0.256. The average molecular weight is 400 g/mol. The smallest absolute Gasteiger partial charge is 0.409 e. The minimum atomic E-state index is -0.219. The normalized spacial score (nSPS) is 19.4. The van der Waals surface area contributed by atoms with Crippen LogP contribution in [0.1, 0.15) is 57.1 Å². The van der Waals surface area contributed by atoms with E-state index in [0.717, 1.165) is 31.2 Å². The second kappa shape index (κ2) is 9.29. The molecule has 1 saturated carbocycles. The van der Waals surface area contributed by atoms with Crippen molar-refractivity contribution in [2.45, 2.75) is 57.7 Å². The van der Waals surface area contributed by atoms with E-state index < -0.39 is 0 Å².